The number of carbonyl (C=O) groups is 4. The number of ether oxygens (including phenoxy) is 1. The standard InChI is InChI=1S/C28H40N4O6/c1-6-17(2)23(31-27(37)38-28(3,4)5)25(34)32-13-11-18(12-14-32)24(33)30-22(26(35)36)15-19-16-29-21-10-8-7-9-20(19)21/h7-10,16-18,22-23,29H,6,11-15H2,1-5H3,(H,30,33)(H,31,37)(H,35,36)/t17-,22-,23-/m0/s1. The van der Waals surface area contributed by atoms with E-state index in [1.807, 2.05) is 38.1 Å². The first-order chi connectivity index (χ1) is 17.9. The number of aromatic nitrogens is 1. The predicted molar refractivity (Wildman–Crippen MR) is 143 cm³/mol. The van der Waals surface area contributed by atoms with Gasteiger partial charge in [-0.05, 0) is 51.2 Å². The normalized spacial score (nSPS) is 16.9. The molecule has 1 aliphatic rings. The number of alkyl carbamates (subject to hydrolysis) is 1. The Morgan fingerprint density at radius 2 is 1.79 bits per heavy atom. The number of nitrogens with one attached hydrogen (secondary N) is 3. The lowest BCUT2D eigenvalue weighted by molar-refractivity contribution is -0.143. The number of rotatable bonds is 9. The van der Waals surface area contributed by atoms with Crippen molar-refractivity contribution >= 4 is 34.8 Å². The summed E-state index contributed by atoms with van der Waals surface area (Å²) in [5, 5.41) is 16.1. The molecule has 1 fully saturated rings. The Labute approximate surface area is 223 Å². The molecule has 10 heteroatoms. The van der Waals surface area contributed by atoms with E-state index in [9.17, 15) is 24.3 Å². The zero-order valence-electron chi connectivity index (χ0n) is 22.9. The van der Waals surface area contributed by atoms with Crippen molar-refractivity contribution in [1.82, 2.24) is 20.5 Å². The highest BCUT2D eigenvalue weighted by molar-refractivity contribution is 5.88. The summed E-state index contributed by atoms with van der Waals surface area (Å²) in [5.74, 6) is -2.12. The van der Waals surface area contributed by atoms with E-state index < -0.39 is 35.7 Å². The summed E-state index contributed by atoms with van der Waals surface area (Å²) in [6.45, 7) is 9.83. The topological polar surface area (TPSA) is 141 Å². The maximum Gasteiger partial charge on any atom is 0.408 e. The Morgan fingerprint density at radius 1 is 1.13 bits per heavy atom. The fourth-order valence-electron chi connectivity index (χ4n) is 4.69. The van der Waals surface area contributed by atoms with Crippen LogP contribution in [0.5, 0.6) is 0 Å². The number of aliphatic carboxylic acids is 1. The molecule has 10 nitrogen and oxygen atoms in total. The number of amides is 3. The fraction of sp³-hybridized carbons (Fsp3) is 0.571. The summed E-state index contributed by atoms with van der Waals surface area (Å²) in [4.78, 5) is 55.4. The Kier molecular flexibility index (Phi) is 9.40. The minimum atomic E-state index is -1.10. The van der Waals surface area contributed by atoms with E-state index in [1.165, 1.54) is 0 Å². The van der Waals surface area contributed by atoms with E-state index in [-0.39, 0.29) is 24.2 Å². The van der Waals surface area contributed by atoms with Crippen molar-refractivity contribution in [1.29, 1.82) is 0 Å². The predicted octanol–water partition coefficient (Wildman–Crippen LogP) is 3.46. The maximum absolute atomic E-state index is 13.3. The summed E-state index contributed by atoms with van der Waals surface area (Å²) >= 11 is 0. The van der Waals surface area contributed by atoms with Crippen LogP contribution in [0.4, 0.5) is 4.79 Å². The molecule has 0 aliphatic carbocycles. The van der Waals surface area contributed by atoms with E-state index in [2.05, 4.69) is 15.6 Å². The van der Waals surface area contributed by atoms with E-state index in [0.717, 1.165) is 16.5 Å². The number of benzene rings is 1. The van der Waals surface area contributed by atoms with Crippen LogP contribution in [-0.4, -0.2) is 69.6 Å². The number of carboxylic acids is 1. The quantitative estimate of drug-likeness (QED) is 0.393. The van der Waals surface area contributed by atoms with E-state index in [1.54, 1.807) is 31.9 Å². The van der Waals surface area contributed by atoms with Gasteiger partial charge in [0.1, 0.15) is 17.7 Å². The van der Waals surface area contributed by atoms with Gasteiger partial charge in [-0.3, -0.25) is 9.59 Å². The number of para-hydroxylation sites is 1. The average Bonchev–Trinajstić information content (AvgIpc) is 3.27. The van der Waals surface area contributed by atoms with Gasteiger partial charge in [-0.15, -0.1) is 0 Å². The van der Waals surface area contributed by atoms with Crippen LogP contribution in [0.25, 0.3) is 10.9 Å². The minimum absolute atomic E-state index is 0.100. The van der Waals surface area contributed by atoms with Gasteiger partial charge in [-0.1, -0.05) is 38.5 Å². The molecule has 0 unspecified atom stereocenters. The number of nitrogens with zero attached hydrogens (tertiary/aromatic N) is 1. The molecular formula is C28H40N4O6. The van der Waals surface area contributed by atoms with Gasteiger partial charge in [0.25, 0.3) is 0 Å². The largest absolute Gasteiger partial charge is 0.480 e. The first kappa shape index (κ1) is 29.0. The molecule has 0 bridgehead atoms. The molecule has 4 N–H and O–H groups in total. The number of fused-ring (bicyclic) bond motifs is 1. The van der Waals surface area contributed by atoms with Crippen LogP contribution in [0.3, 0.4) is 0 Å². The Bertz CT molecular complexity index is 1150. The highest BCUT2D eigenvalue weighted by Crippen LogP contribution is 2.22. The van der Waals surface area contributed by atoms with Crippen LogP contribution in [0.15, 0.2) is 30.5 Å². The third-order valence-corrected chi connectivity index (χ3v) is 7.04. The number of H-pyrrole nitrogens is 1. The highest BCUT2D eigenvalue weighted by atomic mass is 16.6. The van der Waals surface area contributed by atoms with Gasteiger partial charge in [-0.2, -0.15) is 0 Å². The van der Waals surface area contributed by atoms with Crippen LogP contribution >= 0.6 is 0 Å². The molecule has 2 heterocycles. The first-order valence-electron chi connectivity index (χ1n) is 13.3. The van der Waals surface area contributed by atoms with Crippen LogP contribution in [0, 0.1) is 11.8 Å². The number of aromatic amines is 1. The second kappa shape index (κ2) is 12.3. The van der Waals surface area contributed by atoms with Crippen molar-refractivity contribution in [2.24, 2.45) is 11.8 Å². The van der Waals surface area contributed by atoms with E-state index >= 15 is 0 Å². The molecule has 3 rings (SSSR count). The summed E-state index contributed by atoms with van der Waals surface area (Å²) in [7, 11) is 0. The Balaban J connectivity index is 1.58. The van der Waals surface area contributed by atoms with Crippen molar-refractivity contribution in [2.75, 3.05) is 13.1 Å². The van der Waals surface area contributed by atoms with Crippen molar-refractivity contribution < 1.29 is 29.0 Å². The molecule has 1 aromatic heterocycles. The zero-order valence-corrected chi connectivity index (χ0v) is 22.9. The molecule has 1 saturated heterocycles. The number of carboxylic acid groups (broad SMARTS) is 1. The Morgan fingerprint density at radius 3 is 2.39 bits per heavy atom. The van der Waals surface area contributed by atoms with Crippen LogP contribution in [0.2, 0.25) is 0 Å². The lowest BCUT2D eigenvalue weighted by atomic mass is 9.92. The first-order valence-corrected chi connectivity index (χ1v) is 13.3. The van der Waals surface area contributed by atoms with Gasteiger partial charge in [0.15, 0.2) is 0 Å². The molecule has 0 spiro atoms. The van der Waals surface area contributed by atoms with Gasteiger partial charge in [-0.25, -0.2) is 9.59 Å². The summed E-state index contributed by atoms with van der Waals surface area (Å²) in [5.41, 5.74) is 1.05. The number of hydrogen-bond acceptors (Lipinski definition) is 5. The molecule has 3 atom stereocenters. The fourth-order valence-corrected chi connectivity index (χ4v) is 4.69. The molecule has 0 radical (unpaired) electrons. The van der Waals surface area contributed by atoms with Gasteiger partial charge in [0.2, 0.25) is 11.8 Å². The van der Waals surface area contributed by atoms with Crippen molar-refractivity contribution in [3.8, 4) is 0 Å². The molecule has 1 aliphatic heterocycles. The van der Waals surface area contributed by atoms with Crippen LogP contribution in [-0.2, 0) is 25.5 Å². The lowest BCUT2D eigenvalue weighted by Crippen LogP contribution is -2.55. The smallest absolute Gasteiger partial charge is 0.408 e. The summed E-state index contributed by atoms with van der Waals surface area (Å²) in [6, 6.07) is 5.82. The second-order valence-corrected chi connectivity index (χ2v) is 11.1. The van der Waals surface area contributed by atoms with Gasteiger partial charge < -0.3 is 30.4 Å². The summed E-state index contributed by atoms with van der Waals surface area (Å²) in [6.07, 6.45) is 2.82. The van der Waals surface area contributed by atoms with E-state index in [4.69, 9.17) is 4.74 Å². The SMILES string of the molecule is CC[C@H](C)[C@H](NC(=O)OC(C)(C)C)C(=O)N1CCC(C(=O)N[C@@H](Cc2c[nH]c3ccccc23)C(=O)O)CC1. The number of hydrogen-bond donors (Lipinski definition) is 4. The molecule has 38 heavy (non-hydrogen) atoms. The van der Waals surface area contributed by atoms with Crippen LogP contribution < -0.4 is 10.6 Å². The number of likely N-dealkylation sites (tertiary alicyclic amines) is 1. The second-order valence-electron chi connectivity index (χ2n) is 11.1. The van der Waals surface area contributed by atoms with Crippen LogP contribution in [0.1, 0.15) is 59.4 Å². The molecule has 208 valence electrons. The molecule has 2 aromatic rings. The van der Waals surface area contributed by atoms with Gasteiger partial charge in [0, 0.05) is 42.5 Å². The third-order valence-electron chi connectivity index (χ3n) is 7.04. The molecule has 3 amide bonds. The van der Waals surface area contributed by atoms with E-state index in [0.29, 0.717) is 32.4 Å². The molecule has 0 saturated carbocycles. The van der Waals surface area contributed by atoms with Gasteiger partial charge in [0.05, 0.1) is 0 Å². The van der Waals surface area contributed by atoms with Crippen molar-refractivity contribution in [3.05, 3.63) is 36.0 Å². The van der Waals surface area contributed by atoms with Gasteiger partial charge >= 0.3 is 12.1 Å². The lowest BCUT2D eigenvalue weighted by Gasteiger charge is -2.35. The van der Waals surface area contributed by atoms with Crippen molar-refractivity contribution in [2.45, 2.75) is 78.0 Å². The third kappa shape index (κ3) is 7.49. The monoisotopic (exact) mass is 528 g/mol. The average molecular weight is 529 g/mol. The molecule has 1 aromatic carbocycles. The number of carbonyl (C=O) groups excluding carboxylic acids is 3. The zero-order chi connectivity index (χ0) is 28.0. The molecular weight excluding hydrogens is 488 g/mol. The highest BCUT2D eigenvalue weighted by Gasteiger charge is 2.35. The Hall–Kier alpha value is -3.56. The maximum atomic E-state index is 13.3. The van der Waals surface area contributed by atoms with Crippen molar-refractivity contribution in [3.63, 3.8) is 0 Å². The number of piperidine rings is 1. The summed E-state index contributed by atoms with van der Waals surface area (Å²) < 4.78 is 5.34. The minimum Gasteiger partial charge on any atom is -0.480 e.